The lowest BCUT2D eigenvalue weighted by Gasteiger charge is -2.39. The number of para-hydroxylation sites is 1. The van der Waals surface area contributed by atoms with Crippen LogP contribution in [0.2, 0.25) is 5.02 Å². The van der Waals surface area contributed by atoms with Crippen molar-refractivity contribution in [3.05, 3.63) is 120 Å². The van der Waals surface area contributed by atoms with Crippen molar-refractivity contribution >= 4 is 45.7 Å². The van der Waals surface area contributed by atoms with E-state index in [1.807, 2.05) is 72.4 Å². The fourth-order valence-electron chi connectivity index (χ4n) is 5.76. The molecule has 244 valence electrons. The van der Waals surface area contributed by atoms with Crippen LogP contribution in [0.15, 0.2) is 109 Å². The zero-order valence-corrected chi connectivity index (χ0v) is 27.9. The monoisotopic (exact) mass is 652 g/mol. The molecule has 0 radical (unpaired) electrons. The third-order valence-corrected chi connectivity index (χ3v) is 9.55. The Morgan fingerprint density at radius 2 is 1.77 bits per heavy atom. The highest BCUT2D eigenvalue weighted by molar-refractivity contribution is 6.33. The van der Waals surface area contributed by atoms with E-state index in [2.05, 4.69) is 59.5 Å². The molecule has 2 aromatic heterocycles. The number of benzene rings is 3. The van der Waals surface area contributed by atoms with E-state index in [0.717, 1.165) is 46.5 Å². The summed E-state index contributed by atoms with van der Waals surface area (Å²) in [5, 5.41) is 14.8. The van der Waals surface area contributed by atoms with Crippen LogP contribution in [-0.2, 0) is 0 Å². The van der Waals surface area contributed by atoms with Gasteiger partial charge in [0.2, 0.25) is 0 Å². The van der Waals surface area contributed by atoms with Crippen LogP contribution in [0.5, 0.6) is 0 Å². The number of aromatic nitrogens is 2. The fraction of sp³-hybridized carbons (Fsp3) is 0.243. The Labute approximate surface area is 280 Å². The summed E-state index contributed by atoms with van der Waals surface area (Å²) >= 11 is 6.28. The van der Waals surface area contributed by atoms with Gasteiger partial charge in [-0.05, 0) is 74.0 Å². The van der Waals surface area contributed by atoms with Gasteiger partial charge in [0, 0.05) is 53.2 Å². The molecular formula is C37H42ClFN8. The molecule has 0 spiro atoms. The van der Waals surface area contributed by atoms with E-state index >= 15 is 0 Å². The average molecular weight is 653 g/mol. The Hall–Kier alpha value is -4.86. The molecule has 2 atom stereocenters. The lowest BCUT2D eigenvalue weighted by atomic mass is 9.75. The maximum absolute atomic E-state index is 13.9. The van der Waals surface area contributed by atoms with Gasteiger partial charge in [0.15, 0.2) is 0 Å². The standard InChI is InChI=1S/C30H33ClFN7.C7H9N/c1-5-35-21-9-6-18(7-10-21)19-14-25-27(38-26-12-13-30(4,34)29(26,2)3)22(16-36-39(25)17-19)28(33)37-24-15-20(32)8-11-23(24)31;1-8-7-5-3-2-4-6-7/h5-11,14-17,26,35,38H,1,12-13,34H2,2-4H3,(H2,33,37);2-6,8H,1H3. The molecule has 2 heterocycles. The number of halogens is 2. The number of nitrogens with zero attached hydrogens (tertiary/aromatic N) is 3. The van der Waals surface area contributed by atoms with Gasteiger partial charge in [0.1, 0.15) is 11.7 Å². The molecule has 3 aromatic carbocycles. The molecule has 1 saturated carbocycles. The van der Waals surface area contributed by atoms with Crippen LogP contribution in [0.25, 0.3) is 16.6 Å². The van der Waals surface area contributed by atoms with E-state index in [1.165, 1.54) is 18.2 Å². The summed E-state index contributed by atoms with van der Waals surface area (Å²) in [5.41, 5.74) is 19.3. The second kappa shape index (κ2) is 13.9. The highest BCUT2D eigenvalue weighted by Gasteiger charge is 2.49. The Balaban J connectivity index is 0.000000474. The third kappa shape index (κ3) is 7.26. The van der Waals surface area contributed by atoms with Gasteiger partial charge < -0.3 is 27.4 Å². The summed E-state index contributed by atoms with van der Waals surface area (Å²) < 4.78 is 15.8. The number of nitrogens with one attached hydrogen (secondary N) is 3. The molecule has 1 aliphatic rings. The van der Waals surface area contributed by atoms with E-state index in [1.54, 1.807) is 12.4 Å². The summed E-state index contributed by atoms with van der Waals surface area (Å²) in [6, 6.07) is 24.3. The molecule has 7 N–H and O–H groups in total. The lowest BCUT2D eigenvalue weighted by molar-refractivity contribution is 0.215. The van der Waals surface area contributed by atoms with Crippen molar-refractivity contribution in [2.45, 2.75) is 45.2 Å². The van der Waals surface area contributed by atoms with E-state index in [4.69, 9.17) is 23.1 Å². The van der Waals surface area contributed by atoms with Crippen molar-refractivity contribution in [3.63, 3.8) is 0 Å². The Kier molecular flexibility index (Phi) is 9.88. The van der Waals surface area contributed by atoms with Crippen molar-refractivity contribution in [3.8, 4) is 11.1 Å². The van der Waals surface area contributed by atoms with Crippen molar-refractivity contribution in [1.82, 2.24) is 9.61 Å². The SMILES string of the molecule is C=CNc1ccc(-c2cc3c(NC4CCC(C)(N)C4(C)C)c(C(N)=Nc4cc(F)ccc4Cl)cnn3c2)cc1.CNc1ccccc1. The maximum atomic E-state index is 13.9. The van der Waals surface area contributed by atoms with Crippen LogP contribution in [0.4, 0.5) is 27.1 Å². The molecule has 10 heteroatoms. The van der Waals surface area contributed by atoms with E-state index in [-0.39, 0.29) is 28.5 Å². The first-order chi connectivity index (χ1) is 22.4. The van der Waals surface area contributed by atoms with Gasteiger partial charge in [-0.1, -0.05) is 62.4 Å². The second-order valence-corrected chi connectivity index (χ2v) is 12.9. The van der Waals surface area contributed by atoms with Crippen molar-refractivity contribution in [1.29, 1.82) is 0 Å². The topological polar surface area (TPSA) is 118 Å². The third-order valence-electron chi connectivity index (χ3n) is 9.23. The van der Waals surface area contributed by atoms with Crippen LogP contribution in [0.1, 0.15) is 39.2 Å². The van der Waals surface area contributed by atoms with Crippen molar-refractivity contribution < 1.29 is 4.39 Å². The summed E-state index contributed by atoms with van der Waals surface area (Å²) in [7, 11) is 1.91. The van der Waals surface area contributed by atoms with Crippen molar-refractivity contribution in [2.75, 3.05) is 23.0 Å². The smallest absolute Gasteiger partial charge is 0.135 e. The number of anilines is 3. The molecule has 0 amide bonds. The predicted molar refractivity (Wildman–Crippen MR) is 195 cm³/mol. The highest BCUT2D eigenvalue weighted by Crippen LogP contribution is 2.46. The number of hydrogen-bond acceptors (Lipinski definition) is 6. The normalized spacial score (nSPS) is 18.7. The number of amidine groups is 1. The fourth-order valence-corrected chi connectivity index (χ4v) is 5.92. The molecule has 1 aliphatic carbocycles. The summed E-state index contributed by atoms with van der Waals surface area (Å²) in [4.78, 5) is 4.48. The number of hydrogen-bond donors (Lipinski definition) is 5. The van der Waals surface area contributed by atoms with Gasteiger partial charge in [-0.15, -0.1) is 0 Å². The van der Waals surface area contributed by atoms with Gasteiger partial charge in [-0.2, -0.15) is 5.10 Å². The van der Waals surface area contributed by atoms with Gasteiger partial charge >= 0.3 is 0 Å². The van der Waals surface area contributed by atoms with Gasteiger partial charge in [-0.25, -0.2) is 13.9 Å². The molecule has 6 rings (SSSR count). The lowest BCUT2D eigenvalue weighted by Crippen LogP contribution is -2.51. The van der Waals surface area contributed by atoms with Crippen LogP contribution >= 0.6 is 11.6 Å². The molecule has 8 nitrogen and oxygen atoms in total. The summed E-state index contributed by atoms with van der Waals surface area (Å²) in [5.74, 6) is -0.271. The van der Waals surface area contributed by atoms with Gasteiger partial charge in [-0.3, -0.25) is 0 Å². The highest BCUT2D eigenvalue weighted by atomic mass is 35.5. The van der Waals surface area contributed by atoms with Gasteiger partial charge in [0.05, 0.1) is 33.7 Å². The van der Waals surface area contributed by atoms with E-state index < -0.39 is 5.82 Å². The minimum absolute atomic E-state index is 0.0746. The molecule has 0 aliphatic heterocycles. The quantitative estimate of drug-likeness (QED) is 0.0848. The van der Waals surface area contributed by atoms with Gasteiger partial charge in [0.25, 0.3) is 0 Å². The Morgan fingerprint density at radius 1 is 1.04 bits per heavy atom. The largest absolute Gasteiger partial charge is 0.388 e. The van der Waals surface area contributed by atoms with Crippen LogP contribution in [0.3, 0.4) is 0 Å². The van der Waals surface area contributed by atoms with Crippen LogP contribution < -0.4 is 27.4 Å². The zero-order valence-electron chi connectivity index (χ0n) is 27.2. The maximum Gasteiger partial charge on any atom is 0.135 e. The first kappa shape index (κ1) is 33.5. The molecule has 0 saturated heterocycles. The van der Waals surface area contributed by atoms with E-state index in [0.29, 0.717) is 10.6 Å². The summed E-state index contributed by atoms with van der Waals surface area (Å²) in [6.45, 7) is 10.2. The van der Waals surface area contributed by atoms with Crippen LogP contribution in [-0.4, -0.2) is 34.1 Å². The van der Waals surface area contributed by atoms with E-state index in [9.17, 15) is 4.39 Å². The number of fused-ring (bicyclic) bond motifs is 1. The number of aliphatic imine (C=N–C) groups is 1. The molecule has 5 aromatic rings. The van der Waals surface area contributed by atoms with Crippen LogP contribution in [0, 0.1) is 11.2 Å². The number of rotatable bonds is 8. The molecule has 0 bridgehead atoms. The Bertz CT molecular complexity index is 1880. The predicted octanol–water partition coefficient (Wildman–Crippen LogP) is 8.43. The Morgan fingerprint density at radius 3 is 2.38 bits per heavy atom. The summed E-state index contributed by atoms with van der Waals surface area (Å²) in [6.07, 6.45) is 7.07. The second-order valence-electron chi connectivity index (χ2n) is 12.5. The minimum Gasteiger partial charge on any atom is -0.388 e. The number of nitrogens with two attached hydrogens (primary N) is 2. The van der Waals surface area contributed by atoms with Crippen molar-refractivity contribution in [2.24, 2.45) is 21.9 Å². The molecule has 47 heavy (non-hydrogen) atoms. The zero-order chi connectivity index (χ0) is 33.8. The molecule has 2 unspecified atom stereocenters. The first-order valence-corrected chi connectivity index (χ1v) is 15.9. The first-order valence-electron chi connectivity index (χ1n) is 15.5. The minimum atomic E-state index is -0.446. The molecule has 1 fully saturated rings. The molecular weight excluding hydrogens is 611 g/mol. The average Bonchev–Trinajstić information content (AvgIpc) is 3.58.